The van der Waals surface area contributed by atoms with Gasteiger partial charge in [-0.05, 0) is 56.2 Å². The number of halogens is 1. The highest BCUT2D eigenvalue weighted by Gasteiger charge is 2.37. The lowest BCUT2D eigenvalue weighted by molar-refractivity contribution is 0.367. The van der Waals surface area contributed by atoms with Crippen molar-refractivity contribution in [3.63, 3.8) is 0 Å². The third-order valence-corrected chi connectivity index (χ3v) is 6.11. The Morgan fingerprint density at radius 3 is 2.59 bits per heavy atom. The van der Waals surface area contributed by atoms with Gasteiger partial charge in [0.1, 0.15) is 16.8 Å². The second-order valence-corrected chi connectivity index (χ2v) is 8.35. The number of nitriles is 1. The summed E-state index contributed by atoms with van der Waals surface area (Å²) in [5, 5.41) is 16.0. The minimum absolute atomic E-state index is 0.0406. The zero-order valence-electron chi connectivity index (χ0n) is 17.8. The van der Waals surface area contributed by atoms with E-state index in [4.69, 9.17) is 27.2 Å². The summed E-state index contributed by atoms with van der Waals surface area (Å²) in [5.41, 5.74) is 12.6. The molecule has 0 saturated carbocycles. The summed E-state index contributed by atoms with van der Waals surface area (Å²) in [6.45, 7) is 5.96. The van der Waals surface area contributed by atoms with Crippen LogP contribution in [0.2, 0.25) is 5.15 Å². The second-order valence-electron chi connectivity index (χ2n) is 7.99. The number of ether oxygens (including phenoxy) is 1. The SMILES string of the molecule is Cc1cc(C)c2cc(C3C(C#N)=C(N)Oc4c3c(C)nn4-c3ccccc3)c(Cl)nc2c1. The highest BCUT2D eigenvalue weighted by molar-refractivity contribution is 6.30. The van der Waals surface area contributed by atoms with Gasteiger partial charge < -0.3 is 10.5 Å². The topological polar surface area (TPSA) is 89.8 Å². The summed E-state index contributed by atoms with van der Waals surface area (Å²) in [7, 11) is 0. The molecule has 158 valence electrons. The van der Waals surface area contributed by atoms with E-state index in [1.54, 1.807) is 4.68 Å². The molecule has 2 aromatic heterocycles. The van der Waals surface area contributed by atoms with Crippen molar-refractivity contribution in [1.29, 1.82) is 5.26 Å². The predicted octanol–water partition coefficient (Wildman–Crippen LogP) is 5.22. The molecular weight excluding hydrogens is 422 g/mol. The number of aromatic nitrogens is 3. The molecule has 2 aromatic carbocycles. The number of benzene rings is 2. The summed E-state index contributed by atoms with van der Waals surface area (Å²) in [6, 6.07) is 18.0. The Kier molecular flexibility index (Phi) is 4.65. The molecule has 0 radical (unpaired) electrons. The average molecular weight is 442 g/mol. The van der Waals surface area contributed by atoms with E-state index in [0.717, 1.165) is 39.0 Å². The molecule has 5 rings (SSSR count). The molecule has 1 aliphatic heterocycles. The average Bonchev–Trinajstić information content (AvgIpc) is 3.09. The van der Waals surface area contributed by atoms with Gasteiger partial charge in [0.15, 0.2) is 0 Å². The zero-order chi connectivity index (χ0) is 22.6. The molecule has 1 aliphatic rings. The summed E-state index contributed by atoms with van der Waals surface area (Å²) < 4.78 is 7.64. The Morgan fingerprint density at radius 1 is 1.12 bits per heavy atom. The Hall–Kier alpha value is -3.82. The number of hydrogen-bond donors (Lipinski definition) is 1. The first-order valence-electron chi connectivity index (χ1n) is 10.2. The van der Waals surface area contributed by atoms with Gasteiger partial charge in [0.2, 0.25) is 11.8 Å². The van der Waals surface area contributed by atoms with Crippen molar-refractivity contribution in [3.8, 4) is 17.6 Å². The van der Waals surface area contributed by atoms with Gasteiger partial charge >= 0.3 is 0 Å². The lowest BCUT2D eigenvalue weighted by atomic mass is 9.84. The van der Waals surface area contributed by atoms with Crippen LogP contribution in [0.5, 0.6) is 5.88 Å². The van der Waals surface area contributed by atoms with E-state index in [1.807, 2.05) is 63.2 Å². The predicted molar refractivity (Wildman–Crippen MR) is 124 cm³/mol. The number of nitrogens with two attached hydrogens (primary N) is 1. The number of pyridine rings is 1. The maximum Gasteiger partial charge on any atom is 0.229 e. The molecule has 0 bridgehead atoms. The molecule has 0 saturated heterocycles. The fourth-order valence-electron chi connectivity index (χ4n) is 4.39. The zero-order valence-corrected chi connectivity index (χ0v) is 18.6. The smallest absolute Gasteiger partial charge is 0.229 e. The van der Waals surface area contributed by atoms with Gasteiger partial charge in [-0.25, -0.2) is 9.67 Å². The Morgan fingerprint density at radius 2 is 1.88 bits per heavy atom. The maximum atomic E-state index is 9.97. The van der Waals surface area contributed by atoms with Crippen LogP contribution in [0.1, 0.15) is 33.9 Å². The number of aryl methyl sites for hydroxylation is 3. The molecule has 6 nitrogen and oxygen atoms in total. The van der Waals surface area contributed by atoms with Gasteiger partial charge in [0.25, 0.3) is 0 Å². The van der Waals surface area contributed by atoms with Crippen molar-refractivity contribution >= 4 is 22.5 Å². The van der Waals surface area contributed by atoms with Crippen LogP contribution in [0.15, 0.2) is 60.0 Å². The summed E-state index contributed by atoms with van der Waals surface area (Å²) >= 11 is 6.70. The first-order chi connectivity index (χ1) is 15.4. The molecule has 0 amide bonds. The number of para-hydroxylation sites is 1. The van der Waals surface area contributed by atoms with Crippen LogP contribution in [-0.4, -0.2) is 14.8 Å². The Balaban J connectivity index is 1.80. The lowest BCUT2D eigenvalue weighted by Crippen LogP contribution is -2.22. The van der Waals surface area contributed by atoms with Crippen LogP contribution in [0.25, 0.3) is 16.6 Å². The largest absolute Gasteiger partial charge is 0.422 e. The quantitative estimate of drug-likeness (QED) is 0.431. The summed E-state index contributed by atoms with van der Waals surface area (Å²) in [6.07, 6.45) is 0. The van der Waals surface area contributed by atoms with Crippen molar-refractivity contribution in [2.45, 2.75) is 26.7 Å². The lowest BCUT2D eigenvalue weighted by Gasteiger charge is -2.25. The van der Waals surface area contributed by atoms with Gasteiger partial charge in [0, 0.05) is 10.9 Å². The molecule has 7 heteroatoms. The highest BCUT2D eigenvalue weighted by atomic mass is 35.5. The van der Waals surface area contributed by atoms with Crippen LogP contribution < -0.4 is 10.5 Å². The first kappa shape index (κ1) is 20.1. The van der Waals surface area contributed by atoms with Crippen LogP contribution in [0.4, 0.5) is 0 Å². The highest BCUT2D eigenvalue weighted by Crippen LogP contribution is 2.46. The van der Waals surface area contributed by atoms with Crippen molar-refractivity contribution in [3.05, 3.63) is 93.1 Å². The van der Waals surface area contributed by atoms with E-state index in [1.165, 1.54) is 0 Å². The van der Waals surface area contributed by atoms with E-state index in [-0.39, 0.29) is 5.88 Å². The van der Waals surface area contributed by atoms with Gasteiger partial charge in [-0.2, -0.15) is 10.4 Å². The maximum absolute atomic E-state index is 9.97. The van der Waals surface area contributed by atoms with E-state index >= 15 is 0 Å². The van der Waals surface area contributed by atoms with Crippen LogP contribution >= 0.6 is 11.6 Å². The first-order valence-corrected chi connectivity index (χ1v) is 10.6. The van der Waals surface area contributed by atoms with E-state index in [0.29, 0.717) is 22.2 Å². The number of rotatable bonds is 2. The standard InChI is InChI=1S/C25H20ClN5O/c1-13-9-14(2)17-11-18(23(26)29-20(17)10-13)22-19(12-27)24(28)32-25-21(22)15(3)30-31(25)16-7-5-4-6-8-16/h4-11,22H,28H2,1-3H3. The fourth-order valence-corrected chi connectivity index (χ4v) is 4.65. The third-order valence-electron chi connectivity index (χ3n) is 5.81. The molecule has 4 aromatic rings. The van der Waals surface area contributed by atoms with Gasteiger partial charge in [-0.15, -0.1) is 0 Å². The number of allylic oxidation sites excluding steroid dienone is 1. The minimum atomic E-state index is -0.536. The number of hydrogen-bond acceptors (Lipinski definition) is 5. The van der Waals surface area contributed by atoms with E-state index in [2.05, 4.69) is 17.1 Å². The molecule has 1 atom stereocenters. The van der Waals surface area contributed by atoms with Crippen LogP contribution in [0, 0.1) is 32.1 Å². The number of nitrogens with zero attached hydrogens (tertiary/aromatic N) is 4. The van der Waals surface area contributed by atoms with Gasteiger partial charge in [-0.3, -0.25) is 0 Å². The summed E-state index contributed by atoms with van der Waals surface area (Å²) in [5.74, 6) is -0.0165. The normalized spacial score (nSPS) is 15.4. The van der Waals surface area contributed by atoms with Crippen molar-refractivity contribution in [1.82, 2.24) is 14.8 Å². The molecule has 2 N–H and O–H groups in total. The molecule has 3 heterocycles. The van der Waals surface area contributed by atoms with Gasteiger partial charge in [0.05, 0.1) is 28.4 Å². The van der Waals surface area contributed by atoms with Gasteiger partial charge in [-0.1, -0.05) is 35.9 Å². The second kappa shape index (κ2) is 7.40. The molecule has 1 unspecified atom stereocenters. The molecule has 0 spiro atoms. The fraction of sp³-hybridized carbons (Fsp3) is 0.160. The van der Waals surface area contributed by atoms with Crippen molar-refractivity contribution in [2.24, 2.45) is 5.73 Å². The van der Waals surface area contributed by atoms with Crippen LogP contribution in [-0.2, 0) is 0 Å². The van der Waals surface area contributed by atoms with Crippen molar-refractivity contribution in [2.75, 3.05) is 0 Å². The Labute approximate surface area is 190 Å². The third kappa shape index (κ3) is 3.02. The van der Waals surface area contributed by atoms with Crippen molar-refractivity contribution < 1.29 is 4.74 Å². The van der Waals surface area contributed by atoms with E-state index in [9.17, 15) is 5.26 Å². The van der Waals surface area contributed by atoms with Crippen LogP contribution in [0.3, 0.4) is 0 Å². The minimum Gasteiger partial charge on any atom is -0.422 e. The Bertz CT molecular complexity index is 1460. The monoisotopic (exact) mass is 441 g/mol. The summed E-state index contributed by atoms with van der Waals surface area (Å²) in [4.78, 5) is 4.66. The van der Waals surface area contributed by atoms with E-state index < -0.39 is 5.92 Å². The molecular formula is C25H20ClN5O. The molecule has 0 aliphatic carbocycles. The number of fused-ring (bicyclic) bond motifs is 2. The molecule has 32 heavy (non-hydrogen) atoms. The molecule has 0 fully saturated rings.